The fraction of sp³-hybridized carbons (Fsp3) is 0.455. The molecule has 2 N–H and O–H groups in total. The molecule has 0 spiro atoms. The lowest BCUT2D eigenvalue weighted by atomic mass is 9.95. The van der Waals surface area contributed by atoms with Gasteiger partial charge in [0.05, 0.1) is 11.1 Å². The van der Waals surface area contributed by atoms with Crippen molar-refractivity contribution in [1.82, 2.24) is 24.6 Å². The van der Waals surface area contributed by atoms with Crippen LogP contribution >= 0.6 is 15.9 Å². The van der Waals surface area contributed by atoms with E-state index in [1.807, 2.05) is 29.1 Å². The molecule has 0 aliphatic carbocycles. The quantitative estimate of drug-likeness (QED) is 0.473. The summed E-state index contributed by atoms with van der Waals surface area (Å²) in [5.41, 5.74) is 3.02. The number of carbonyl (C=O) groups is 1. The molecule has 0 radical (unpaired) electrons. The Labute approximate surface area is 190 Å². The lowest BCUT2D eigenvalue weighted by molar-refractivity contribution is -0.116. The van der Waals surface area contributed by atoms with Crippen molar-refractivity contribution in [3.63, 3.8) is 0 Å². The Morgan fingerprint density at radius 3 is 2.84 bits per heavy atom. The van der Waals surface area contributed by atoms with Gasteiger partial charge in [-0.3, -0.25) is 9.48 Å². The fourth-order valence-electron chi connectivity index (χ4n) is 3.84. The van der Waals surface area contributed by atoms with Gasteiger partial charge < -0.3 is 15.5 Å². The van der Waals surface area contributed by atoms with Crippen LogP contribution in [0.15, 0.2) is 28.9 Å². The molecule has 2 aromatic heterocycles. The van der Waals surface area contributed by atoms with Crippen LogP contribution in [0.3, 0.4) is 0 Å². The third-order valence-corrected chi connectivity index (χ3v) is 5.69. The van der Waals surface area contributed by atoms with Crippen molar-refractivity contribution < 1.29 is 4.79 Å². The van der Waals surface area contributed by atoms with E-state index in [1.54, 1.807) is 0 Å². The summed E-state index contributed by atoms with van der Waals surface area (Å²) >= 11 is 3.53. The standard InChI is InChI=1S/C22H28BrN7O/c1-13(2)11-30-12-16-19(18-15-10-14(23)6-7-17(15)25-21(18)31)26-22(27-20(16)28-30)24-8-5-9-29(3)4/h6-7,10,12-13,18H,5,8-9,11H2,1-4H3,(H,25,31)(H,24,27,28). The highest BCUT2D eigenvalue weighted by atomic mass is 79.9. The molecule has 9 heteroatoms. The van der Waals surface area contributed by atoms with Crippen LogP contribution in [-0.4, -0.2) is 57.7 Å². The third-order valence-electron chi connectivity index (χ3n) is 5.19. The number of halogens is 1. The van der Waals surface area contributed by atoms with Crippen LogP contribution in [-0.2, 0) is 11.3 Å². The number of aromatic nitrogens is 4. The van der Waals surface area contributed by atoms with E-state index in [1.165, 1.54) is 0 Å². The number of nitrogens with zero attached hydrogens (tertiary/aromatic N) is 5. The Kier molecular flexibility index (Phi) is 6.24. The lowest BCUT2D eigenvalue weighted by Gasteiger charge is -2.13. The van der Waals surface area contributed by atoms with Crippen LogP contribution in [0.1, 0.15) is 37.4 Å². The van der Waals surface area contributed by atoms with E-state index < -0.39 is 5.92 Å². The first kappa shape index (κ1) is 21.7. The number of hydrogen-bond donors (Lipinski definition) is 2. The summed E-state index contributed by atoms with van der Waals surface area (Å²) in [6, 6.07) is 5.82. The zero-order valence-electron chi connectivity index (χ0n) is 18.3. The van der Waals surface area contributed by atoms with Gasteiger partial charge in [-0.1, -0.05) is 29.8 Å². The summed E-state index contributed by atoms with van der Waals surface area (Å²) in [7, 11) is 4.10. The molecule has 3 heterocycles. The minimum Gasteiger partial charge on any atom is -0.354 e. The van der Waals surface area contributed by atoms with Crippen molar-refractivity contribution in [3.05, 3.63) is 40.1 Å². The molecule has 1 unspecified atom stereocenters. The highest BCUT2D eigenvalue weighted by Crippen LogP contribution is 2.40. The minimum absolute atomic E-state index is 0.0803. The zero-order chi connectivity index (χ0) is 22.1. The zero-order valence-corrected chi connectivity index (χ0v) is 19.9. The Morgan fingerprint density at radius 1 is 1.29 bits per heavy atom. The van der Waals surface area contributed by atoms with Gasteiger partial charge >= 0.3 is 0 Å². The van der Waals surface area contributed by atoms with Crippen LogP contribution < -0.4 is 10.6 Å². The van der Waals surface area contributed by atoms with E-state index in [0.29, 0.717) is 23.2 Å². The second-order valence-corrected chi connectivity index (χ2v) is 9.57. The van der Waals surface area contributed by atoms with Crippen LogP contribution in [0.5, 0.6) is 0 Å². The summed E-state index contributed by atoms with van der Waals surface area (Å²) in [5, 5.41) is 11.8. The molecule has 3 aromatic rings. The normalized spacial score (nSPS) is 15.7. The Hall–Kier alpha value is -2.52. The SMILES string of the molecule is CC(C)Cn1cc2c(C3C(=O)Nc4ccc(Br)cc43)nc(NCCCN(C)C)nc2n1. The van der Waals surface area contributed by atoms with E-state index in [9.17, 15) is 4.79 Å². The lowest BCUT2D eigenvalue weighted by Crippen LogP contribution is -2.18. The van der Waals surface area contributed by atoms with Gasteiger partial charge in [0.25, 0.3) is 0 Å². The molecule has 1 atom stereocenters. The van der Waals surface area contributed by atoms with Gasteiger partial charge in [0, 0.05) is 29.4 Å². The van der Waals surface area contributed by atoms with E-state index in [4.69, 9.17) is 4.98 Å². The molecule has 0 saturated heterocycles. The second-order valence-electron chi connectivity index (χ2n) is 8.65. The molecule has 1 aromatic carbocycles. The summed E-state index contributed by atoms with van der Waals surface area (Å²) < 4.78 is 2.83. The van der Waals surface area contributed by atoms with Gasteiger partial charge in [-0.15, -0.1) is 0 Å². The maximum absolute atomic E-state index is 13.0. The molecular formula is C22H28BrN7O. The monoisotopic (exact) mass is 485 g/mol. The summed E-state index contributed by atoms with van der Waals surface area (Å²) in [6.07, 6.45) is 2.93. The second kappa shape index (κ2) is 8.92. The average molecular weight is 486 g/mol. The Morgan fingerprint density at radius 2 is 2.10 bits per heavy atom. The van der Waals surface area contributed by atoms with Crippen LogP contribution in [0.25, 0.3) is 11.0 Å². The van der Waals surface area contributed by atoms with Gasteiger partial charge in [-0.05, 0) is 56.7 Å². The largest absolute Gasteiger partial charge is 0.354 e. The number of fused-ring (bicyclic) bond motifs is 2. The molecule has 0 saturated carbocycles. The van der Waals surface area contributed by atoms with E-state index in [0.717, 1.165) is 47.2 Å². The highest BCUT2D eigenvalue weighted by molar-refractivity contribution is 9.10. The van der Waals surface area contributed by atoms with Crippen molar-refractivity contribution in [2.45, 2.75) is 32.7 Å². The van der Waals surface area contributed by atoms with Crippen molar-refractivity contribution in [2.24, 2.45) is 5.92 Å². The van der Waals surface area contributed by atoms with Crippen LogP contribution in [0.4, 0.5) is 11.6 Å². The summed E-state index contributed by atoms with van der Waals surface area (Å²) in [6.45, 7) is 6.79. The van der Waals surface area contributed by atoms with Gasteiger partial charge in [-0.2, -0.15) is 10.1 Å². The molecule has 8 nitrogen and oxygen atoms in total. The molecular weight excluding hydrogens is 458 g/mol. The van der Waals surface area contributed by atoms with Crippen molar-refractivity contribution in [3.8, 4) is 0 Å². The average Bonchev–Trinajstić information content (AvgIpc) is 3.23. The van der Waals surface area contributed by atoms with Crippen molar-refractivity contribution >= 4 is 44.5 Å². The number of hydrogen-bond acceptors (Lipinski definition) is 6. The number of rotatable bonds is 8. The summed E-state index contributed by atoms with van der Waals surface area (Å²) in [5.74, 6) is 0.369. The number of anilines is 2. The minimum atomic E-state index is -0.503. The smallest absolute Gasteiger partial charge is 0.238 e. The molecule has 0 bridgehead atoms. The van der Waals surface area contributed by atoms with Gasteiger partial charge in [-0.25, -0.2) is 4.98 Å². The van der Waals surface area contributed by atoms with Crippen LogP contribution in [0.2, 0.25) is 0 Å². The number of benzene rings is 1. The van der Waals surface area contributed by atoms with Crippen LogP contribution in [0, 0.1) is 5.92 Å². The first-order valence-electron chi connectivity index (χ1n) is 10.6. The maximum atomic E-state index is 13.0. The molecule has 1 aliphatic rings. The fourth-order valence-corrected chi connectivity index (χ4v) is 4.22. The van der Waals surface area contributed by atoms with E-state index in [-0.39, 0.29) is 5.91 Å². The van der Waals surface area contributed by atoms with Crippen molar-refractivity contribution in [2.75, 3.05) is 37.8 Å². The van der Waals surface area contributed by atoms with Gasteiger partial charge in [0.1, 0.15) is 5.92 Å². The molecule has 1 aliphatic heterocycles. The number of carbonyl (C=O) groups excluding carboxylic acids is 1. The molecule has 0 fully saturated rings. The van der Waals surface area contributed by atoms with E-state index in [2.05, 4.69) is 69.5 Å². The molecule has 31 heavy (non-hydrogen) atoms. The predicted molar refractivity (Wildman–Crippen MR) is 126 cm³/mol. The Balaban J connectivity index is 1.76. The first-order chi connectivity index (χ1) is 14.8. The van der Waals surface area contributed by atoms with Gasteiger partial charge in [0.15, 0.2) is 5.65 Å². The number of nitrogens with one attached hydrogen (secondary N) is 2. The van der Waals surface area contributed by atoms with Crippen molar-refractivity contribution in [1.29, 1.82) is 0 Å². The predicted octanol–water partition coefficient (Wildman–Crippen LogP) is 3.69. The van der Waals surface area contributed by atoms with E-state index >= 15 is 0 Å². The molecule has 164 valence electrons. The third kappa shape index (κ3) is 4.72. The summed E-state index contributed by atoms with van der Waals surface area (Å²) in [4.78, 5) is 24.6. The first-order valence-corrected chi connectivity index (χ1v) is 11.3. The van der Waals surface area contributed by atoms with Gasteiger partial charge in [0.2, 0.25) is 11.9 Å². The highest BCUT2D eigenvalue weighted by Gasteiger charge is 2.35. The maximum Gasteiger partial charge on any atom is 0.238 e. The molecule has 4 rings (SSSR count). The topological polar surface area (TPSA) is 88.0 Å². The Bertz CT molecular complexity index is 1110. The number of amides is 1. The molecule has 1 amide bonds.